The zero-order valence-electron chi connectivity index (χ0n) is 13.0. The first-order chi connectivity index (χ1) is 11.6. The molecule has 2 aromatic carbocycles. The normalized spacial score (nSPS) is 16.8. The number of hydrogen-bond donors (Lipinski definition) is 2. The molecule has 1 aliphatic heterocycles. The van der Waals surface area contributed by atoms with Crippen molar-refractivity contribution in [2.75, 3.05) is 25.0 Å². The topological polar surface area (TPSA) is 50.4 Å². The van der Waals surface area contributed by atoms with Gasteiger partial charge in [0.25, 0.3) is 0 Å². The Kier molecular flexibility index (Phi) is 5.61. The van der Waals surface area contributed by atoms with Crippen LogP contribution in [0, 0.1) is 5.92 Å². The van der Waals surface area contributed by atoms with Gasteiger partial charge in [0.15, 0.2) is 0 Å². The maximum Gasteiger partial charge on any atom is 0.411 e. The van der Waals surface area contributed by atoms with Crippen LogP contribution in [0.5, 0.6) is 0 Å². The molecule has 3 rings (SSSR count). The van der Waals surface area contributed by atoms with Crippen molar-refractivity contribution in [3.05, 3.63) is 52.5 Å². The first-order valence-corrected chi connectivity index (χ1v) is 8.57. The molecule has 2 aromatic rings. The van der Waals surface area contributed by atoms with Crippen LogP contribution in [0.4, 0.5) is 10.5 Å². The van der Waals surface area contributed by atoms with Gasteiger partial charge in [-0.2, -0.15) is 0 Å². The summed E-state index contributed by atoms with van der Waals surface area (Å²) in [6.45, 7) is 2.29. The molecule has 0 unspecified atom stereocenters. The van der Waals surface area contributed by atoms with Crippen LogP contribution in [-0.2, 0) is 4.74 Å². The number of anilines is 1. The molecular weight excluding hydrogens is 347 g/mol. The van der Waals surface area contributed by atoms with E-state index >= 15 is 0 Å². The lowest BCUT2D eigenvalue weighted by atomic mass is 10.0. The van der Waals surface area contributed by atoms with Crippen LogP contribution in [0.15, 0.2) is 42.5 Å². The van der Waals surface area contributed by atoms with Gasteiger partial charge in [0.05, 0.1) is 12.3 Å². The van der Waals surface area contributed by atoms with Crippen molar-refractivity contribution in [1.82, 2.24) is 5.32 Å². The molecule has 1 saturated heterocycles. The largest absolute Gasteiger partial charge is 0.449 e. The molecule has 2 N–H and O–H groups in total. The van der Waals surface area contributed by atoms with E-state index in [1.807, 2.05) is 36.4 Å². The zero-order chi connectivity index (χ0) is 16.9. The average molecular weight is 365 g/mol. The molecule has 1 aliphatic rings. The molecule has 0 aliphatic carbocycles. The molecule has 6 heteroatoms. The van der Waals surface area contributed by atoms with E-state index in [1.54, 1.807) is 6.07 Å². The summed E-state index contributed by atoms with van der Waals surface area (Å²) in [5.74, 6) is 0.387. The van der Waals surface area contributed by atoms with E-state index < -0.39 is 6.09 Å². The summed E-state index contributed by atoms with van der Waals surface area (Å²) in [4.78, 5) is 12.1. The van der Waals surface area contributed by atoms with Crippen LogP contribution in [0.3, 0.4) is 0 Å². The highest BCUT2D eigenvalue weighted by molar-refractivity contribution is 6.35. The van der Waals surface area contributed by atoms with Gasteiger partial charge in [-0.15, -0.1) is 0 Å². The first kappa shape index (κ1) is 17.1. The minimum Gasteiger partial charge on any atom is -0.449 e. The van der Waals surface area contributed by atoms with E-state index in [0.29, 0.717) is 28.3 Å². The fourth-order valence-corrected chi connectivity index (χ4v) is 3.28. The van der Waals surface area contributed by atoms with Crippen molar-refractivity contribution in [3.8, 4) is 11.1 Å². The van der Waals surface area contributed by atoms with E-state index in [1.165, 1.54) is 0 Å². The summed E-state index contributed by atoms with van der Waals surface area (Å²) < 4.78 is 5.33. The predicted octanol–water partition coefficient (Wildman–Crippen LogP) is 4.82. The molecule has 0 aromatic heterocycles. The van der Waals surface area contributed by atoms with Gasteiger partial charge in [-0.25, -0.2) is 4.79 Å². The maximum absolute atomic E-state index is 12.1. The number of para-hydroxylation sites is 1. The van der Waals surface area contributed by atoms with E-state index in [9.17, 15) is 4.79 Å². The van der Waals surface area contributed by atoms with Crippen molar-refractivity contribution in [1.29, 1.82) is 0 Å². The highest BCUT2D eigenvalue weighted by Gasteiger charge is 2.17. The Labute approximate surface area is 151 Å². The molecule has 1 amide bonds. The van der Waals surface area contributed by atoms with Crippen LogP contribution >= 0.6 is 23.2 Å². The number of hydrogen-bond acceptors (Lipinski definition) is 3. The van der Waals surface area contributed by atoms with Crippen LogP contribution < -0.4 is 10.6 Å². The van der Waals surface area contributed by atoms with Gasteiger partial charge in [-0.1, -0.05) is 41.4 Å². The molecule has 0 radical (unpaired) electrons. The van der Waals surface area contributed by atoms with Crippen LogP contribution in [-0.4, -0.2) is 25.8 Å². The highest BCUT2D eigenvalue weighted by atomic mass is 35.5. The second-order valence-corrected chi connectivity index (χ2v) is 6.66. The summed E-state index contributed by atoms with van der Waals surface area (Å²) >= 11 is 12.2. The zero-order valence-corrected chi connectivity index (χ0v) is 14.5. The molecular formula is C18H18Cl2N2O2. The predicted molar refractivity (Wildman–Crippen MR) is 97.8 cm³/mol. The second-order valence-electron chi connectivity index (χ2n) is 5.79. The molecule has 126 valence electrons. The van der Waals surface area contributed by atoms with Crippen LogP contribution in [0.1, 0.15) is 6.42 Å². The number of carbonyl (C=O) groups excluding carboxylic acids is 1. The monoisotopic (exact) mass is 364 g/mol. The Bertz CT molecular complexity index is 710. The molecule has 1 heterocycles. The summed E-state index contributed by atoms with van der Waals surface area (Å²) in [5.41, 5.74) is 2.33. The summed E-state index contributed by atoms with van der Waals surface area (Å²) in [5, 5.41) is 7.14. The van der Waals surface area contributed by atoms with Gasteiger partial charge >= 0.3 is 6.09 Å². The lowest BCUT2D eigenvalue weighted by Gasteiger charge is -2.13. The number of nitrogens with one attached hydrogen (secondary N) is 2. The van der Waals surface area contributed by atoms with E-state index in [-0.39, 0.29) is 0 Å². The number of rotatable bonds is 4. The lowest BCUT2D eigenvalue weighted by Crippen LogP contribution is -2.20. The number of ether oxygens (including phenoxy) is 1. The Morgan fingerprint density at radius 2 is 1.96 bits per heavy atom. The van der Waals surface area contributed by atoms with Gasteiger partial charge in [-0.05, 0) is 42.8 Å². The molecule has 0 saturated carbocycles. The Hall–Kier alpha value is -1.75. The van der Waals surface area contributed by atoms with Crippen molar-refractivity contribution in [2.24, 2.45) is 5.92 Å². The van der Waals surface area contributed by atoms with Crippen molar-refractivity contribution >= 4 is 35.0 Å². The van der Waals surface area contributed by atoms with Gasteiger partial charge in [0.1, 0.15) is 0 Å². The minimum absolute atomic E-state index is 0.387. The third-order valence-electron chi connectivity index (χ3n) is 3.95. The first-order valence-electron chi connectivity index (χ1n) is 7.82. The standard InChI is InChI=1S/C18H18Cl2N2O2/c19-14-7-13(8-15(20)9-14)16-3-1-2-4-17(16)22-18(23)24-11-12-5-6-21-10-12/h1-4,7-9,12,21H,5-6,10-11H2,(H,22,23)/t12-/m1/s1. The Morgan fingerprint density at radius 1 is 1.21 bits per heavy atom. The Morgan fingerprint density at radius 3 is 2.67 bits per heavy atom. The molecule has 0 spiro atoms. The fourth-order valence-electron chi connectivity index (χ4n) is 2.75. The van der Waals surface area contributed by atoms with Gasteiger partial charge < -0.3 is 10.1 Å². The van der Waals surface area contributed by atoms with E-state index in [0.717, 1.165) is 30.6 Å². The molecule has 4 nitrogen and oxygen atoms in total. The summed E-state index contributed by atoms with van der Waals surface area (Å²) in [7, 11) is 0. The third-order valence-corrected chi connectivity index (χ3v) is 4.39. The summed E-state index contributed by atoms with van der Waals surface area (Å²) in [6, 6.07) is 12.8. The fraction of sp³-hybridized carbons (Fsp3) is 0.278. The molecule has 1 fully saturated rings. The quantitative estimate of drug-likeness (QED) is 0.817. The summed E-state index contributed by atoms with van der Waals surface area (Å²) in [6.07, 6.45) is 0.577. The molecule has 0 bridgehead atoms. The van der Waals surface area contributed by atoms with Crippen molar-refractivity contribution < 1.29 is 9.53 Å². The number of halogens is 2. The van der Waals surface area contributed by atoms with Gasteiger partial charge in [0.2, 0.25) is 0 Å². The van der Waals surface area contributed by atoms with Crippen molar-refractivity contribution in [2.45, 2.75) is 6.42 Å². The number of amides is 1. The highest BCUT2D eigenvalue weighted by Crippen LogP contribution is 2.32. The number of benzene rings is 2. The average Bonchev–Trinajstić information content (AvgIpc) is 3.06. The van der Waals surface area contributed by atoms with Crippen LogP contribution in [0.2, 0.25) is 10.0 Å². The second kappa shape index (κ2) is 7.88. The lowest BCUT2D eigenvalue weighted by molar-refractivity contribution is 0.144. The molecule has 1 atom stereocenters. The minimum atomic E-state index is -0.456. The van der Waals surface area contributed by atoms with Gasteiger partial charge in [-0.3, -0.25) is 5.32 Å². The Balaban J connectivity index is 1.72. The van der Waals surface area contributed by atoms with E-state index in [4.69, 9.17) is 27.9 Å². The smallest absolute Gasteiger partial charge is 0.411 e. The van der Waals surface area contributed by atoms with Gasteiger partial charge in [0, 0.05) is 28.1 Å². The van der Waals surface area contributed by atoms with Crippen molar-refractivity contribution in [3.63, 3.8) is 0 Å². The SMILES string of the molecule is O=C(Nc1ccccc1-c1cc(Cl)cc(Cl)c1)OC[C@@H]1CCNC1. The third kappa shape index (κ3) is 4.41. The van der Waals surface area contributed by atoms with Crippen LogP contribution in [0.25, 0.3) is 11.1 Å². The molecule has 24 heavy (non-hydrogen) atoms. The number of carbonyl (C=O) groups is 1. The maximum atomic E-state index is 12.1. The van der Waals surface area contributed by atoms with E-state index in [2.05, 4.69) is 10.6 Å².